The normalized spacial score (nSPS) is 16.5. The molecule has 0 unspecified atom stereocenters. The van der Waals surface area contributed by atoms with Gasteiger partial charge in [0, 0.05) is 5.56 Å². The number of rotatable bonds is 10. The van der Waals surface area contributed by atoms with Gasteiger partial charge in [0.05, 0.1) is 45.8 Å². The third-order valence-corrected chi connectivity index (χ3v) is 5.94. The van der Waals surface area contributed by atoms with Crippen LogP contribution in [0, 0.1) is 0 Å². The first kappa shape index (κ1) is 25.4. The minimum absolute atomic E-state index is 0.00398. The number of ether oxygens (including phenoxy) is 4. The lowest BCUT2D eigenvalue weighted by Crippen LogP contribution is -2.29. The van der Waals surface area contributed by atoms with Crippen LogP contribution < -0.4 is 18.9 Å². The number of hydrogen-bond donors (Lipinski definition) is 1. The van der Waals surface area contributed by atoms with E-state index in [0.717, 1.165) is 0 Å². The van der Waals surface area contributed by atoms with Gasteiger partial charge in [-0.05, 0) is 54.1 Å². The molecule has 3 aromatic rings. The lowest BCUT2D eigenvalue weighted by atomic mass is 9.94. The summed E-state index contributed by atoms with van der Waals surface area (Å²) < 4.78 is 27.3. The number of aliphatic hydroxyl groups is 1. The van der Waals surface area contributed by atoms with E-state index in [2.05, 4.69) is 6.58 Å². The van der Waals surface area contributed by atoms with Crippen LogP contribution in [0.3, 0.4) is 0 Å². The number of nitrogens with zero attached hydrogens (tertiary/aromatic N) is 1. The van der Waals surface area contributed by atoms with Crippen molar-refractivity contribution in [3.63, 3.8) is 0 Å². The van der Waals surface area contributed by atoms with Crippen molar-refractivity contribution in [2.45, 2.75) is 12.6 Å². The number of amides is 1. The van der Waals surface area contributed by atoms with Gasteiger partial charge in [-0.3, -0.25) is 9.59 Å². The Hall–Kier alpha value is -4.66. The highest BCUT2D eigenvalue weighted by molar-refractivity contribution is 6.46. The zero-order valence-electron chi connectivity index (χ0n) is 20.7. The van der Waals surface area contributed by atoms with E-state index in [1.807, 2.05) is 0 Å². The Morgan fingerprint density at radius 2 is 1.73 bits per heavy atom. The quantitative estimate of drug-likeness (QED) is 0.186. The molecule has 37 heavy (non-hydrogen) atoms. The highest BCUT2D eigenvalue weighted by atomic mass is 16.5. The molecular weight excluding hydrogens is 478 g/mol. The van der Waals surface area contributed by atoms with Crippen LogP contribution in [0.25, 0.3) is 5.76 Å². The molecule has 1 amide bonds. The number of ketones is 1. The zero-order valence-corrected chi connectivity index (χ0v) is 20.7. The van der Waals surface area contributed by atoms with Crippen LogP contribution in [0.1, 0.15) is 22.9 Å². The molecule has 9 heteroatoms. The second-order valence-electron chi connectivity index (χ2n) is 8.09. The van der Waals surface area contributed by atoms with Crippen LogP contribution >= 0.6 is 0 Å². The molecule has 1 atom stereocenters. The maximum absolute atomic E-state index is 13.3. The number of benzene rings is 2. The number of hydrogen-bond acceptors (Lipinski definition) is 8. The Bertz CT molecular complexity index is 1300. The van der Waals surface area contributed by atoms with E-state index in [0.29, 0.717) is 46.5 Å². The van der Waals surface area contributed by atoms with Crippen LogP contribution in [-0.2, 0) is 16.1 Å². The third-order valence-electron chi connectivity index (χ3n) is 5.94. The van der Waals surface area contributed by atoms with Crippen LogP contribution in [0.4, 0.5) is 0 Å². The minimum atomic E-state index is -0.963. The van der Waals surface area contributed by atoms with Crippen LogP contribution in [-0.4, -0.2) is 49.6 Å². The largest absolute Gasteiger partial charge is 0.507 e. The van der Waals surface area contributed by atoms with Gasteiger partial charge in [-0.25, -0.2) is 0 Å². The van der Waals surface area contributed by atoms with Crippen molar-refractivity contribution in [1.29, 1.82) is 0 Å². The molecule has 1 N–H and O–H groups in total. The number of methoxy groups -OCH3 is 3. The number of carbonyl (C=O) groups excluding carboxylic acids is 2. The molecule has 2 aromatic carbocycles. The summed E-state index contributed by atoms with van der Waals surface area (Å²) in [5.74, 6) is 0.144. The Morgan fingerprint density at radius 1 is 1.05 bits per heavy atom. The van der Waals surface area contributed by atoms with E-state index in [1.165, 1.54) is 32.5 Å². The molecule has 9 nitrogen and oxygen atoms in total. The van der Waals surface area contributed by atoms with Gasteiger partial charge in [-0.2, -0.15) is 0 Å². The summed E-state index contributed by atoms with van der Waals surface area (Å²) >= 11 is 0. The average molecular weight is 506 g/mol. The Morgan fingerprint density at radius 3 is 2.27 bits per heavy atom. The summed E-state index contributed by atoms with van der Waals surface area (Å²) in [4.78, 5) is 27.9. The SMILES string of the molecule is C=CCOc1ccc(C(O)=C2C(=O)C(=O)N(Cc3ccco3)[C@H]2c2cc(OC)c(OC)c(OC)c2)cc1. The molecule has 0 radical (unpaired) electrons. The van der Waals surface area contributed by atoms with Crippen molar-refractivity contribution in [3.8, 4) is 23.0 Å². The lowest BCUT2D eigenvalue weighted by Gasteiger charge is -2.26. The first-order valence-corrected chi connectivity index (χ1v) is 11.4. The molecule has 4 rings (SSSR count). The Labute approximate surface area is 214 Å². The van der Waals surface area contributed by atoms with Gasteiger partial charge in [-0.1, -0.05) is 12.7 Å². The smallest absolute Gasteiger partial charge is 0.296 e. The fraction of sp³-hybridized carbons (Fsp3) is 0.214. The molecule has 192 valence electrons. The van der Waals surface area contributed by atoms with E-state index >= 15 is 0 Å². The van der Waals surface area contributed by atoms with Crippen molar-refractivity contribution in [3.05, 3.63) is 89.9 Å². The van der Waals surface area contributed by atoms with Crippen molar-refractivity contribution in [2.24, 2.45) is 0 Å². The van der Waals surface area contributed by atoms with E-state index in [1.54, 1.807) is 54.6 Å². The fourth-order valence-corrected chi connectivity index (χ4v) is 4.24. The Balaban J connectivity index is 1.88. The molecular formula is C28H27NO8. The van der Waals surface area contributed by atoms with Crippen LogP contribution in [0.15, 0.2) is 77.4 Å². The van der Waals surface area contributed by atoms with E-state index in [9.17, 15) is 14.7 Å². The number of likely N-dealkylation sites (tertiary alicyclic amines) is 1. The van der Waals surface area contributed by atoms with Gasteiger partial charge in [0.2, 0.25) is 5.75 Å². The van der Waals surface area contributed by atoms with Gasteiger partial charge >= 0.3 is 0 Å². The second-order valence-corrected chi connectivity index (χ2v) is 8.09. The Kier molecular flexibility index (Phi) is 7.52. The molecule has 1 aliphatic rings. The summed E-state index contributed by atoms with van der Waals surface area (Å²) in [7, 11) is 4.42. The number of furan rings is 1. The minimum Gasteiger partial charge on any atom is -0.507 e. The predicted octanol–water partition coefficient (Wildman–Crippen LogP) is 4.49. The first-order valence-electron chi connectivity index (χ1n) is 11.4. The summed E-state index contributed by atoms with van der Waals surface area (Å²) in [5.41, 5.74) is 0.748. The lowest BCUT2D eigenvalue weighted by molar-refractivity contribution is -0.140. The third kappa shape index (κ3) is 4.88. The summed E-state index contributed by atoms with van der Waals surface area (Å²) in [6, 6.07) is 12.3. The monoisotopic (exact) mass is 505 g/mol. The zero-order chi connectivity index (χ0) is 26.5. The van der Waals surface area contributed by atoms with E-state index in [4.69, 9.17) is 23.4 Å². The molecule has 1 fully saturated rings. The molecule has 2 heterocycles. The highest BCUT2D eigenvalue weighted by Gasteiger charge is 2.47. The van der Waals surface area contributed by atoms with Gasteiger partial charge in [0.1, 0.15) is 23.9 Å². The number of carbonyl (C=O) groups is 2. The maximum atomic E-state index is 13.3. The molecule has 1 saturated heterocycles. The van der Waals surface area contributed by atoms with Crippen molar-refractivity contribution in [2.75, 3.05) is 27.9 Å². The van der Waals surface area contributed by atoms with Crippen molar-refractivity contribution >= 4 is 17.4 Å². The molecule has 0 saturated carbocycles. The van der Waals surface area contributed by atoms with Gasteiger partial charge in [-0.15, -0.1) is 0 Å². The van der Waals surface area contributed by atoms with E-state index in [-0.39, 0.29) is 17.9 Å². The van der Waals surface area contributed by atoms with Gasteiger partial charge in [0.25, 0.3) is 11.7 Å². The summed E-state index contributed by atoms with van der Waals surface area (Å²) in [6.07, 6.45) is 3.10. The summed E-state index contributed by atoms with van der Waals surface area (Å²) in [5, 5.41) is 11.3. The fourth-order valence-electron chi connectivity index (χ4n) is 4.24. The maximum Gasteiger partial charge on any atom is 0.296 e. The molecule has 1 aliphatic heterocycles. The van der Waals surface area contributed by atoms with Crippen molar-refractivity contribution in [1.82, 2.24) is 4.90 Å². The first-order chi connectivity index (χ1) is 17.9. The standard InChI is InChI=1S/C28H27NO8/c1-5-12-36-19-10-8-17(9-11-19)25(30)23-24(18-14-21(33-2)27(35-4)22(15-18)34-3)29(28(32)26(23)31)16-20-7-6-13-37-20/h5-11,13-15,24,30H,1,12,16H2,2-4H3/t24-/m0/s1. The molecule has 0 spiro atoms. The number of aliphatic hydroxyl groups excluding tert-OH is 1. The van der Waals surface area contributed by atoms with Crippen LogP contribution in [0.2, 0.25) is 0 Å². The van der Waals surface area contributed by atoms with Gasteiger partial charge in [0.15, 0.2) is 11.5 Å². The summed E-state index contributed by atoms with van der Waals surface area (Å²) in [6.45, 7) is 3.94. The van der Waals surface area contributed by atoms with Crippen molar-refractivity contribution < 1.29 is 38.1 Å². The number of Topliss-reactive ketones (excluding diaryl/α,β-unsaturated/α-hetero) is 1. The molecule has 1 aromatic heterocycles. The molecule has 0 aliphatic carbocycles. The van der Waals surface area contributed by atoms with Gasteiger partial charge < -0.3 is 33.4 Å². The van der Waals surface area contributed by atoms with E-state index < -0.39 is 17.7 Å². The second kappa shape index (κ2) is 10.9. The topological polar surface area (TPSA) is 108 Å². The van der Waals surface area contributed by atoms with Crippen LogP contribution in [0.5, 0.6) is 23.0 Å². The average Bonchev–Trinajstić information content (AvgIpc) is 3.53. The molecule has 0 bridgehead atoms. The predicted molar refractivity (Wildman–Crippen MR) is 135 cm³/mol. The highest BCUT2D eigenvalue weighted by Crippen LogP contribution is 2.46.